The van der Waals surface area contributed by atoms with Gasteiger partial charge in [0, 0.05) is 36.8 Å². The van der Waals surface area contributed by atoms with Crippen molar-refractivity contribution < 1.29 is 8.42 Å². The van der Waals surface area contributed by atoms with Gasteiger partial charge in [-0.2, -0.15) is 4.31 Å². The molecule has 128 valence electrons. The fourth-order valence-electron chi connectivity index (χ4n) is 2.79. The van der Waals surface area contributed by atoms with Crippen LogP contribution in [-0.2, 0) is 23.0 Å². The maximum absolute atomic E-state index is 12.7. The van der Waals surface area contributed by atoms with Crippen molar-refractivity contribution in [3.8, 4) is 11.4 Å². The van der Waals surface area contributed by atoms with E-state index in [-0.39, 0.29) is 10.8 Å². The molecule has 0 unspecified atom stereocenters. The normalized spacial score (nSPS) is 15.1. The highest BCUT2D eigenvalue weighted by Gasteiger charge is 2.30. The molecule has 3 aromatic rings. The monoisotopic (exact) mass is 391 g/mol. The first-order chi connectivity index (χ1) is 12.0. The van der Waals surface area contributed by atoms with Gasteiger partial charge in [-0.15, -0.1) is 11.3 Å². The van der Waals surface area contributed by atoms with Gasteiger partial charge in [0.2, 0.25) is 0 Å². The van der Waals surface area contributed by atoms with Crippen LogP contribution in [-0.4, -0.2) is 29.2 Å². The Balaban J connectivity index is 1.62. The minimum absolute atomic E-state index is 0.266. The van der Waals surface area contributed by atoms with E-state index in [1.807, 2.05) is 30.3 Å². The average Bonchev–Trinajstić information content (AvgIpc) is 3.09. The highest BCUT2D eigenvalue weighted by Crippen LogP contribution is 2.31. The topological polar surface area (TPSA) is 63.2 Å². The second-order valence-corrected chi connectivity index (χ2v) is 9.56. The van der Waals surface area contributed by atoms with Gasteiger partial charge in [-0.25, -0.2) is 18.4 Å². The zero-order valence-electron chi connectivity index (χ0n) is 13.1. The Morgan fingerprint density at radius 2 is 1.92 bits per heavy atom. The molecular weight excluding hydrogens is 378 g/mol. The first-order valence-electron chi connectivity index (χ1n) is 7.70. The van der Waals surface area contributed by atoms with Crippen molar-refractivity contribution in [3.63, 3.8) is 0 Å². The molecule has 0 N–H and O–H groups in total. The van der Waals surface area contributed by atoms with Crippen molar-refractivity contribution in [1.82, 2.24) is 14.3 Å². The van der Waals surface area contributed by atoms with Crippen LogP contribution in [0.5, 0.6) is 0 Å². The van der Waals surface area contributed by atoms with Crippen molar-refractivity contribution in [1.29, 1.82) is 0 Å². The average molecular weight is 392 g/mol. The summed E-state index contributed by atoms with van der Waals surface area (Å²) in [6, 6.07) is 12.9. The maximum atomic E-state index is 12.7. The van der Waals surface area contributed by atoms with Crippen LogP contribution in [0, 0.1) is 0 Å². The second-order valence-electron chi connectivity index (χ2n) is 5.68. The van der Waals surface area contributed by atoms with E-state index in [2.05, 4.69) is 9.97 Å². The van der Waals surface area contributed by atoms with Crippen molar-refractivity contribution in [2.45, 2.75) is 17.2 Å². The lowest BCUT2D eigenvalue weighted by atomic mass is 10.1. The molecule has 0 radical (unpaired) electrons. The number of hydrogen-bond acceptors (Lipinski definition) is 5. The third-order valence-corrected chi connectivity index (χ3v) is 7.62. The molecular formula is C17H14ClN3O2S2. The summed E-state index contributed by atoms with van der Waals surface area (Å²) >= 11 is 6.95. The number of hydrogen-bond donors (Lipinski definition) is 0. The molecule has 1 aromatic carbocycles. The second kappa shape index (κ2) is 6.49. The first-order valence-corrected chi connectivity index (χ1v) is 10.3. The van der Waals surface area contributed by atoms with E-state index < -0.39 is 10.0 Å². The zero-order valence-corrected chi connectivity index (χ0v) is 15.5. The predicted octanol–water partition coefficient (Wildman–Crippen LogP) is 3.61. The molecule has 5 nitrogen and oxygen atoms in total. The minimum Gasteiger partial charge on any atom is -0.236 e. The molecule has 1 aliphatic heterocycles. The third kappa shape index (κ3) is 3.20. The quantitative estimate of drug-likeness (QED) is 0.684. The largest absolute Gasteiger partial charge is 0.252 e. The van der Waals surface area contributed by atoms with Crippen molar-refractivity contribution in [3.05, 3.63) is 64.3 Å². The van der Waals surface area contributed by atoms with Gasteiger partial charge in [0.25, 0.3) is 10.0 Å². The maximum Gasteiger partial charge on any atom is 0.252 e. The van der Waals surface area contributed by atoms with Gasteiger partial charge in [-0.1, -0.05) is 41.9 Å². The lowest BCUT2D eigenvalue weighted by molar-refractivity contribution is 0.388. The predicted molar refractivity (Wildman–Crippen MR) is 98.1 cm³/mol. The van der Waals surface area contributed by atoms with Crippen LogP contribution >= 0.6 is 22.9 Å². The van der Waals surface area contributed by atoms with E-state index in [1.54, 1.807) is 18.3 Å². The summed E-state index contributed by atoms with van der Waals surface area (Å²) in [7, 11) is -3.53. The van der Waals surface area contributed by atoms with E-state index >= 15 is 0 Å². The summed E-state index contributed by atoms with van der Waals surface area (Å²) in [5, 5.41) is 0. The molecule has 0 spiro atoms. The molecule has 0 saturated carbocycles. The number of aromatic nitrogens is 2. The molecule has 25 heavy (non-hydrogen) atoms. The van der Waals surface area contributed by atoms with Gasteiger partial charge in [0.05, 0.1) is 10.0 Å². The van der Waals surface area contributed by atoms with E-state index in [0.717, 1.165) is 28.2 Å². The van der Waals surface area contributed by atoms with E-state index in [9.17, 15) is 8.42 Å². The number of thiophene rings is 1. The Morgan fingerprint density at radius 3 is 2.64 bits per heavy atom. The molecule has 3 heterocycles. The van der Waals surface area contributed by atoms with Gasteiger partial charge in [0.15, 0.2) is 5.82 Å². The summed E-state index contributed by atoms with van der Waals surface area (Å²) in [6.45, 7) is 0.679. The molecule has 0 aliphatic carbocycles. The summed E-state index contributed by atoms with van der Waals surface area (Å²) in [5.41, 5.74) is 2.70. The molecule has 1 aliphatic rings. The Morgan fingerprint density at radius 1 is 1.12 bits per heavy atom. The summed E-state index contributed by atoms with van der Waals surface area (Å²) < 4.78 is 27.7. The van der Waals surface area contributed by atoms with Gasteiger partial charge in [-0.3, -0.25) is 0 Å². The fourth-order valence-corrected chi connectivity index (χ4v) is 5.84. The van der Waals surface area contributed by atoms with Crippen molar-refractivity contribution in [2.75, 3.05) is 6.54 Å². The van der Waals surface area contributed by atoms with E-state index in [0.29, 0.717) is 23.1 Å². The standard InChI is InChI=1S/C17H14ClN3O2S2/c18-15-6-7-16(24-15)25(22,23)21-9-8-14-13(11-21)10-19-17(20-14)12-4-2-1-3-5-12/h1-7,10H,8-9,11H2. The summed E-state index contributed by atoms with van der Waals surface area (Å²) in [4.78, 5) is 9.03. The zero-order chi connectivity index (χ0) is 17.4. The van der Waals surface area contributed by atoms with E-state index in [4.69, 9.17) is 11.6 Å². The highest BCUT2D eigenvalue weighted by atomic mass is 35.5. The van der Waals surface area contributed by atoms with E-state index in [1.165, 1.54) is 4.31 Å². The highest BCUT2D eigenvalue weighted by molar-refractivity contribution is 7.91. The molecule has 0 saturated heterocycles. The van der Waals surface area contributed by atoms with Gasteiger partial charge in [0.1, 0.15) is 4.21 Å². The van der Waals surface area contributed by atoms with Gasteiger partial charge >= 0.3 is 0 Å². The molecule has 0 fully saturated rings. The van der Waals surface area contributed by atoms with Gasteiger partial charge in [-0.05, 0) is 12.1 Å². The molecule has 0 amide bonds. The fraction of sp³-hybridized carbons (Fsp3) is 0.176. The Hall–Kier alpha value is -1.80. The summed E-state index contributed by atoms with van der Waals surface area (Å²) in [5.74, 6) is 0.667. The van der Waals surface area contributed by atoms with Crippen LogP contribution < -0.4 is 0 Å². The molecule has 0 bridgehead atoms. The number of fused-ring (bicyclic) bond motifs is 1. The number of halogens is 1. The smallest absolute Gasteiger partial charge is 0.236 e. The van der Waals surface area contributed by atoms with Gasteiger partial charge < -0.3 is 0 Å². The van der Waals surface area contributed by atoms with Crippen LogP contribution in [0.4, 0.5) is 0 Å². The van der Waals surface area contributed by atoms with Crippen LogP contribution in [0.3, 0.4) is 0 Å². The third-order valence-electron chi connectivity index (χ3n) is 4.07. The molecule has 2 aromatic heterocycles. The number of benzene rings is 1. The van der Waals surface area contributed by atoms with Crippen LogP contribution in [0.25, 0.3) is 11.4 Å². The Kier molecular flexibility index (Phi) is 4.33. The summed E-state index contributed by atoms with van der Waals surface area (Å²) in [6.07, 6.45) is 2.30. The lowest BCUT2D eigenvalue weighted by Crippen LogP contribution is -2.36. The Labute approximate surface area is 155 Å². The molecule has 4 rings (SSSR count). The van der Waals surface area contributed by atoms with Crippen molar-refractivity contribution >= 4 is 33.0 Å². The van der Waals surface area contributed by atoms with Crippen LogP contribution in [0.2, 0.25) is 4.34 Å². The molecule has 8 heteroatoms. The van der Waals surface area contributed by atoms with Crippen molar-refractivity contribution in [2.24, 2.45) is 0 Å². The number of nitrogens with zero attached hydrogens (tertiary/aromatic N) is 3. The SMILES string of the molecule is O=S(=O)(c1ccc(Cl)s1)N1CCc2nc(-c3ccccc3)ncc2C1. The number of sulfonamides is 1. The minimum atomic E-state index is -3.53. The Bertz CT molecular complexity index is 1020. The van der Waals surface area contributed by atoms with Crippen LogP contribution in [0.1, 0.15) is 11.3 Å². The van der Waals surface area contributed by atoms with Crippen LogP contribution in [0.15, 0.2) is 52.9 Å². The lowest BCUT2D eigenvalue weighted by Gasteiger charge is -2.26. The first kappa shape index (κ1) is 16.7. The number of rotatable bonds is 3. The molecule has 0 atom stereocenters.